The molecule has 0 aromatic carbocycles. The number of rotatable bonds is 8. The van der Waals surface area contributed by atoms with E-state index in [0.717, 1.165) is 12.8 Å². The number of carbonyl (C=O) groups is 1. The summed E-state index contributed by atoms with van der Waals surface area (Å²) in [6.45, 7) is 2.66. The Hall–Kier alpha value is -0.450. The second-order valence-corrected chi connectivity index (χ2v) is 3.73. The van der Waals surface area contributed by atoms with Crippen molar-refractivity contribution in [3.8, 4) is 0 Å². The third kappa shape index (κ3) is 5.87. The molecule has 4 heteroatoms. The smallest absolute Gasteiger partial charge is 0.135 e. The molecule has 0 amide bonds. The van der Waals surface area contributed by atoms with Crippen LogP contribution in [-0.2, 0) is 19.0 Å². The van der Waals surface area contributed by atoms with E-state index in [9.17, 15) is 4.79 Å². The van der Waals surface area contributed by atoms with Crippen LogP contribution in [0.3, 0.4) is 0 Å². The predicted molar refractivity (Wildman–Crippen MR) is 55.9 cm³/mol. The summed E-state index contributed by atoms with van der Waals surface area (Å²) in [6, 6.07) is 0. The third-order valence-electron chi connectivity index (χ3n) is 2.42. The van der Waals surface area contributed by atoms with E-state index in [1.807, 2.05) is 0 Å². The van der Waals surface area contributed by atoms with Crippen LogP contribution in [0.5, 0.6) is 0 Å². The van der Waals surface area contributed by atoms with Crippen molar-refractivity contribution in [2.45, 2.75) is 31.8 Å². The fraction of sp³-hybridized carbons (Fsp3) is 0.909. The number of ketones is 1. The molecule has 4 nitrogen and oxygen atoms in total. The minimum Gasteiger partial charge on any atom is -0.382 e. The molecule has 1 fully saturated rings. The molecule has 0 spiro atoms. The molecule has 1 unspecified atom stereocenters. The molecule has 1 aliphatic rings. The Morgan fingerprint density at radius 3 is 2.80 bits per heavy atom. The zero-order valence-electron chi connectivity index (χ0n) is 9.37. The Labute approximate surface area is 90.9 Å². The maximum Gasteiger partial charge on any atom is 0.135 e. The van der Waals surface area contributed by atoms with Gasteiger partial charge in [-0.15, -0.1) is 0 Å². The van der Waals surface area contributed by atoms with Crippen molar-refractivity contribution in [2.75, 3.05) is 33.5 Å². The molecule has 1 aliphatic carbocycles. The van der Waals surface area contributed by atoms with Crippen LogP contribution in [0.2, 0.25) is 0 Å². The van der Waals surface area contributed by atoms with Gasteiger partial charge >= 0.3 is 0 Å². The molecule has 1 atom stereocenters. The maximum atomic E-state index is 10.9. The molecular formula is C11H20O4. The van der Waals surface area contributed by atoms with Gasteiger partial charge < -0.3 is 14.2 Å². The molecule has 1 saturated carbocycles. The van der Waals surface area contributed by atoms with Gasteiger partial charge in [-0.05, 0) is 12.8 Å². The Balaban J connectivity index is 1.83. The van der Waals surface area contributed by atoms with E-state index in [-0.39, 0.29) is 6.10 Å². The second-order valence-electron chi connectivity index (χ2n) is 3.73. The quantitative estimate of drug-likeness (QED) is 0.571. The minimum absolute atomic E-state index is 0.163. The SMILES string of the molecule is COCCOCCCOC1CCC(=O)C1. The third-order valence-corrected chi connectivity index (χ3v) is 2.42. The fourth-order valence-electron chi connectivity index (χ4n) is 1.58. The molecule has 88 valence electrons. The van der Waals surface area contributed by atoms with Crippen molar-refractivity contribution < 1.29 is 19.0 Å². The van der Waals surface area contributed by atoms with Crippen molar-refractivity contribution in [1.29, 1.82) is 0 Å². The maximum absolute atomic E-state index is 10.9. The first kappa shape index (κ1) is 12.6. The zero-order chi connectivity index (χ0) is 10.9. The Morgan fingerprint density at radius 1 is 1.27 bits per heavy atom. The first-order chi connectivity index (χ1) is 7.33. The van der Waals surface area contributed by atoms with E-state index in [4.69, 9.17) is 14.2 Å². The first-order valence-electron chi connectivity index (χ1n) is 5.53. The van der Waals surface area contributed by atoms with Crippen molar-refractivity contribution >= 4 is 5.78 Å². The van der Waals surface area contributed by atoms with Gasteiger partial charge in [-0.3, -0.25) is 4.79 Å². The summed E-state index contributed by atoms with van der Waals surface area (Å²) in [6.07, 6.45) is 3.23. The highest BCUT2D eigenvalue weighted by Crippen LogP contribution is 2.17. The fourth-order valence-corrected chi connectivity index (χ4v) is 1.58. The molecule has 0 aliphatic heterocycles. The van der Waals surface area contributed by atoms with Gasteiger partial charge in [0.05, 0.1) is 19.3 Å². The molecule has 0 radical (unpaired) electrons. The summed E-state index contributed by atoms with van der Waals surface area (Å²) in [5, 5.41) is 0. The summed E-state index contributed by atoms with van der Waals surface area (Å²) >= 11 is 0. The topological polar surface area (TPSA) is 44.8 Å². The van der Waals surface area contributed by atoms with E-state index in [2.05, 4.69) is 0 Å². The Bertz CT molecular complexity index is 181. The number of hydrogen-bond acceptors (Lipinski definition) is 4. The van der Waals surface area contributed by atoms with Gasteiger partial charge in [0.15, 0.2) is 0 Å². The van der Waals surface area contributed by atoms with Gasteiger partial charge in [-0.1, -0.05) is 0 Å². The van der Waals surface area contributed by atoms with E-state index in [0.29, 0.717) is 45.1 Å². The summed E-state index contributed by atoms with van der Waals surface area (Å²) in [4.78, 5) is 10.9. The van der Waals surface area contributed by atoms with Gasteiger partial charge in [0.2, 0.25) is 0 Å². The molecule has 1 rings (SSSR count). The van der Waals surface area contributed by atoms with E-state index in [1.165, 1.54) is 0 Å². The Morgan fingerprint density at radius 2 is 2.13 bits per heavy atom. The van der Waals surface area contributed by atoms with Crippen molar-refractivity contribution in [2.24, 2.45) is 0 Å². The largest absolute Gasteiger partial charge is 0.382 e. The van der Waals surface area contributed by atoms with Gasteiger partial charge in [0, 0.05) is 33.2 Å². The van der Waals surface area contributed by atoms with Crippen molar-refractivity contribution in [1.82, 2.24) is 0 Å². The highest BCUT2D eigenvalue weighted by molar-refractivity contribution is 5.81. The van der Waals surface area contributed by atoms with Crippen LogP contribution >= 0.6 is 0 Å². The van der Waals surface area contributed by atoms with Crippen molar-refractivity contribution in [3.05, 3.63) is 0 Å². The minimum atomic E-state index is 0.163. The number of carbonyl (C=O) groups excluding carboxylic acids is 1. The zero-order valence-corrected chi connectivity index (χ0v) is 9.37. The number of methoxy groups -OCH3 is 1. The lowest BCUT2D eigenvalue weighted by atomic mass is 10.3. The molecule has 15 heavy (non-hydrogen) atoms. The standard InChI is InChI=1S/C11H20O4/c1-13-7-8-14-5-2-6-15-11-4-3-10(12)9-11/h11H,2-9H2,1H3. The average Bonchev–Trinajstić information content (AvgIpc) is 2.63. The van der Waals surface area contributed by atoms with Gasteiger partial charge in [0.25, 0.3) is 0 Å². The lowest BCUT2D eigenvalue weighted by molar-refractivity contribution is -0.118. The van der Waals surface area contributed by atoms with E-state index < -0.39 is 0 Å². The summed E-state index contributed by atoms with van der Waals surface area (Å²) < 4.78 is 15.7. The molecule has 0 heterocycles. The van der Waals surface area contributed by atoms with Crippen LogP contribution in [0, 0.1) is 0 Å². The van der Waals surface area contributed by atoms with E-state index in [1.54, 1.807) is 7.11 Å². The summed E-state index contributed by atoms with van der Waals surface area (Å²) in [5.74, 6) is 0.330. The van der Waals surface area contributed by atoms with Gasteiger partial charge in [-0.2, -0.15) is 0 Å². The van der Waals surface area contributed by atoms with Crippen LogP contribution in [0.15, 0.2) is 0 Å². The molecule has 0 aromatic rings. The van der Waals surface area contributed by atoms with Crippen LogP contribution < -0.4 is 0 Å². The summed E-state index contributed by atoms with van der Waals surface area (Å²) in [5.41, 5.74) is 0. The molecule has 0 N–H and O–H groups in total. The van der Waals surface area contributed by atoms with Gasteiger partial charge in [0.1, 0.15) is 5.78 Å². The molecule has 0 aromatic heterocycles. The van der Waals surface area contributed by atoms with Crippen LogP contribution in [-0.4, -0.2) is 45.4 Å². The number of hydrogen-bond donors (Lipinski definition) is 0. The Kier molecular flexibility index (Phi) is 6.55. The highest BCUT2D eigenvalue weighted by Gasteiger charge is 2.21. The monoisotopic (exact) mass is 216 g/mol. The van der Waals surface area contributed by atoms with Crippen LogP contribution in [0.1, 0.15) is 25.7 Å². The first-order valence-corrected chi connectivity index (χ1v) is 5.53. The molecule has 0 saturated heterocycles. The number of ether oxygens (including phenoxy) is 3. The number of Topliss-reactive ketones (excluding diaryl/α,β-unsaturated/α-hetero) is 1. The normalized spacial score (nSPS) is 21.1. The summed E-state index contributed by atoms with van der Waals surface area (Å²) in [7, 11) is 1.66. The van der Waals surface area contributed by atoms with E-state index >= 15 is 0 Å². The average molecular weight is 216 g/mol. The lowest BCUT2D eigenvalue weighted by Crippen LogP contribution is -2.12. The van der Waals surface area contributed by atoms with Crippen molar-refractivity contribution in [3.63, 3.8) is 0 Å². The molecule has 0 bridgehead atoms. The molecular weight excluding hydrogens is 196 g/mol. The lowest BCUT2D eigenvalue weighted by Gasteiger charge is -2.10. The van der Waals surface area contributed by atoms with Crippen LogP contribution in [0.25, 0.3) is 0 Å². The highest BCUT2D eigenvalue weighted by atomic mass is 16.5. The second kappa shape index (κ2) is 7.79. The van der Waals surface area contributed by atoms with Gasteiger partial charge in [-0.25, -0.2) is 0 Å². The van der Waals surface area contributed by atoms with Crippen LogP contribution in [0.4, 0.5) is 0 Å². The predicted octanol–water partition coefficient (Wildman–Crippen LogP) is 1.18.